The van der Waals surface area contributed by atoms with Crippen LogP contribution in [-0.4, -0.2) is 35.4 Å². The van der Waals surface area contributed by atoms with Crippen LogP contribution in [0.15, 0.2) is 24.3 Å². The van der Waals surface area contributed by atoms with E-state index in [2.05, 4.69) is 6.92 Å². The fraction of sp³-hybridized carbons (Fsp3) is 0.562. The number of benzene rings is 1. The monoisotopic (exact) mass is 306 g/mol. The lowest BCUT2D eigenvalue weighted by atomic mass is 9.87. The minimum absolute atomic E-state index is 0.121. The second-order valence-electron chi connectivity index (χ2n) is 5.93. The standard InChI is InChI=1S/C16H22N2O4/c1-12-7-9-13(10-8-12)17(2)16(19)11-22-15-6-4-3-5-14(15)18(20)21/h3-6,12-13H,7-11H2,1-2H3. The van der Waals surface area contributed by atoms with Gasteiger partial charge in [0, 0.05) is 19.2 Å². The Balaban J connectivity index is 1.91. The van der Waals surface area contributed by atoms with E-state index in [1.54, 1.807) is 24.1 Å². The summed E-state index contributed by atoms with van der Waals surface area (Å²) in [6.45, 7) is 2.06. The van der Waals surface area contributed by atoms with E-state index in [1.165, 1.54) is 12.1 Å². The normalized spacial score (nSPS) is 21.2. The Bertz CT molecular complexity index is 539. The van der Waals surface area contributed by atoms with Gasteiger partial charge in [0.2, 0.25) is 0 Å². The molecule has 0 bridgehead atoms. The molecule has 0 unspecified atom stereocenters. The highest BCUT2D eigenvalue weighted by Crippen LogP contribution is 2.28. The van der Waals surface area contributed by atoms with Crippen molar-refractivity contribution in [1.82, 2.24) is 4.90 Å². The first-order chi connectivity index (χ1) is 10.5. The molecule has 0 atom stereocenters. The summed E-state index contributed by atoms with van der Waals surface area (Å²) < 4.78 is 5.36. The number of nitrogens with zero attached hydrogens (tertiary/aromatic N) is 2. The van der Waals surface area contributed by atoms with Crippen molar-refractivity contribution in [2.45, 2.75) is 38.6 Å². The third-order valence-corrected chi connectivity index (χ3v) is 4.34. The zero-order valence-corrected chi connectivity index (χ0v) is 13.0. The van der Waals surface area contributed by atoms with E-state index in [0.717, 1.165) is 31.6 Å². The molecule has 1 aromatic rings. The van der Waals surface area contributed by atoms with Crippen molar-refractivity contribution in [3.8, 4) is 5.75 Å². The quantitative estimate of drug-likeness (QED) is 0.619. The molecule has 120 valence electrons. The van der Waals surface area contributed by atoms with E-state index in [4.69, 9.17) is 4.74 Å². The van der Waals surface area contributed by atoms with Gasteiger partial charge in [0.25, 0.3) is 5.91 Å². The smallest absolute Gasteiger partial charge is 0.310 e. The number of nitro benzene ring substituents is 1. The Morgan fingerprint density at radius 1 is 1.32 bits per heavy atom. The summed E-state index contributed by atoms with van der Waals surface area (Å²) in [5.41, 5.74) is -0.121. The Morgan fingerprint density at radius 2 is 1.95 bits per heavy atom. The number of carbonyl (C=O) groups excluding carboxylic acids is 1. The second kappa shape index (κ2) is 7.24. The van der Waals surface area contributed by atoms with Crippen LogP contribution in [-0.2, 0) is 4.79 Å². The number of hydrogen-bond donors (Lipinski definition) is 0. The van der Waals surface area contributed by atoms with E-state index in [1.807, 2.05) is 0 Å². The molecule has 0 saturated heterocycles. The van der Waals surface area contributed by atoms with Crippen molar-refractivity contribution >= 4 is 11.6 Å². The maximum absolute atomic E-state index is 12.2. The number of carbonyl (C=O) groups is 1. The molecule has 1 fully saturated rings. The number of nitro groups is 1. The number of amides is 1. The van der Waals surface area contributed by atoms with Crippen LogP contribution in [0.2, 0.25) is 0 Å². The fourth-order valence-corrected chi connectivity index (χ4v) is 2.80. The number of para-hydroxylation sites is 2. The van der Waals surface area contributed by atoms with Crippen LogP contribution in [0.5, 0.6) is 5.75 Å². The van der Waals surface area contributed by atoms with Crippen LogP contribution in [0.4, 0.5) is 5.69 Å². The lowest BCUT2D eigenvalue weighted by Crippen LogP contribution is -2.41. The average molecular weight is 306 g/mol. The fourth-order valence-electron chi connectivity index (χ4n) is 2.80. The van der Waals surface area contributed by atoms with Gasteiger partial charge in [-0.05, 0) is 37.7 Å². The van der Waals surface area contributed by atoms with Gasteiger partial charge in [-0.25, -0.2) is 0 Å². The van der Waals surface area contributed by atoms with Gasteiger partial charge >= 0.3 is 5.69 Å². The predicted octanol–water partition coefficient (Wildman–Crippen LogP) is 3.01. The highest BCUT2D eigenvalue weighted by Gasteiger charge is 2.25. The molecule has 0 spiro atoms. The van der Waals surface area contributed by atoms with Crippen molar-refractivity contribution in [3.05, 3.63) is 34.4 Å². The molecule has 1 aliphatic carbocycles. The van der Waals surface area contributed by atoms with E-state index in [9.17, 15) is 14.9 Å². The van der Waals surface area contributed by atoms with E-state index >= 15 is 0 Å². The van der Waals surface area contributed by atoms with Gasteiger partial charge in [0.15, 0.2) is 12.4 Å². The van der Waals surface area contributed by atoms with Crippen LogP contribution in [0.3, 0.4) is 0 Å². The molecule has 0 aromatic heterocycles. The Labute approximate surface area is 130 Å². The molecule has 6 heteroatoms. The molecule has 6 nitrogen and oxygen atoms in total. The molecule has 2 rings (SSSR count). The van der Waals surface area contributed by atoms with Crippen LogP contribution in [0.25, 0.3) is 0 Å². The molecule has 1 saturated carbocycles. The minimum atomic E-state index is -0.508. The number of likely N-dealkylation sites (N-methyl/N-ethyl adjacent to an activating group) is 1. The van der Waals surface area contributed by atoms with Gasteiger partial charge in [-0.1, -0.05) is 19.1 Å². The van der Waals surface area contributed by atoms with Gasteiger partial charge in [-0.2, -0.15) is 0 Å². The number of rotatable bonds is 5. The molecule has 1 aliphatic rings. The van der Waals surface area contributed by atoms with Gasteiger partial charge in [0.1, 0.15) is 0 Å². The van der Waals surface area contributed by atoms with Gasteiger partial charge in [0.05, 0.1) is 4.92 Å². The van der Waals surface area contributed by atoms with E-state index in [0.29, 0.717) is 0 Å². The SMILES string of the molecule is CC1CCC(N(C)C(=O)COc2ccccc2[N+](=O)[O-])CC1. The van der Waals surface area contributed by atoms with E-state index < -0.39 is 4.92 Å². The van der Waals surface area contributed by atoms with Crippen molar-refractivity contribution in [3.63, 3.8) is 0 Å². The molecular weight excluding hydrogens is 284 g/mol. The summed E-state index contributed by atoms with van der Waals surface area (Å²) >= 11 is 0. The summed E-state index contributed by atoms with van der Waals surface area (Å²) in [6, 6.07) is 6.35. The van der Waals surface area contributed by atoms with Crippen molar-refractivity contribution in [2.75, 3.05) is 13.7 Å². The zero-order chi connectivity index (χ0) is 16.1. The maximum atomic E-state index is 12.2. The highest BCUT2D eigenvalue weighted by molar-refractivity contribution is 5.78. The highest BCUT2D eigenvalue weighted by atomic mass is 16.6. The van der Waals surface area contributed by atoms with Gasteiger partial charge in [-0.15, -0.1) is 0 Å². The first kappa shape index (κ1) is 16.3. The molecule has 1 aromatic carbocycles. The lowest BCUT2D eigenvalue weighted by Gasteiger charge is -2.33. The third-order valence-electron chi connectivity index (χ3n) is 4.34. The van der Waals surface area contributed by atoms with Crippen LogP contribution >= 0.6 is 0 Å². The molecule has 22 heavy (non-hydrogen) atoms. The Morgan fingerprint density at radius 3 is 2.59 bits per heavy atom. The van der Waals surface area contributed by atoms with Crippen molar-refractivity contribution in [2.24, 2.45) is 5.92 Å². The van der Waals surface area contributed by atoms with E-state index in [-0.39, 0.29) is 30.0 Å². The summed E-state index contributed by atoms with van der Waals surface area (Å²) in [6.07, 6.45) is 4.28. The molecule has 1 amide bonds. The zero-order valence-electron chi connectivity index (χ0n) is 13.0. The molecular formula is C16H22N2O4. The number of ether oxygens (including phenoxy) is 1. The maximum Gasteiger partial charge on any atom is 0.310 e. The van der Waals surface area contributed by atoms with Gasteiger partial charge in [-0.3, -0.25) is 14.9 Å². The van der Waals surface area contributed by atoms with Crippen LogP contribution in [0, 0.1) is 16.0 Å². The summed E-state index contributed by atoms with van der Waals surface area (Å²) in [5, 5.41) is 10.9. The average Bonchev–Trinajstić information content (AvgIpc) is 2.52. The van der Waals surface area contributed by atoms with Crippen molar-refractivity contribution < 1.29 is 14.5 Å². The Kier molecular flexibility index (Phi) is 5.35. The van der Waals surface area contributed by atoms with Crippen LogP contribution in [0.1, 0.15) is 32.6 Å². The largest absolute Gasteiger partial charge is 0.477 e. The number of hydrogen-bond acceptors (Lipinski definition) is 4. The summed E-state index contributed by atoms with van der Waals surface area (Å²) in [7, 11) is 1.78. The Hall–Kier alpha value is -2.11. The molecule has 0 heterocycles. The summed E-state index contributed by atoms with van der Waals surface area (Å²) in [4.78, 5) is 24.3. The first-order valence-electron chi connectivity index (χ1n) is 7.61. The van der Waals surface area contributed by atoms with Crippen molar-refractivity contribution in [1.29, 1.82) is 0 Å². The topological polar surface area (TPSA) is 72.7 Å². The first-order valence-corrected chi connectivity index (χ1v) is 7.61. The second-order valence-corrected chi connectivity index (χ2v) is 5.93. The minimum Gasteiger partial charge on any atom is -0.477 e. The molecule has 0 aliphatic heterocycles. The predicted molar refractivity (Wildman–Crippen MR) is 82.8 cm³/mol. The van der Waals surface area contributed by atoms with Crippen LogP contribution < -0.4 is 4.74 Å². The molecule has 0 N–H and O–H groups in total. The van der Waals surface area contributed by atoms with Gasteiger partial charge < -0.3 is 9.64 Å². The lowest BCUT2D eigenvalue weighted by molar-refractivity contribution is -0.385. The molecule has 0 radical (unpaired) electrons. The third kappa shape index (κ3) is 3.96. The summed E-state index contributed by atoms with van der Waals surface area (Å²) in [5.74, 6) is 0.715.